The topological polar surface area (TPSA) is 69.6 Å². The van der Waals surface area contributed by atoms with Crippen LogP contribution in [-0.4, -0.2) is 39.0 Å². The van der Waals surface area contributed by atoms with Gasteiger partial charge in [-0.3, -0.25) is 9.59 Å². The number of nitrogens with one attached hydrogen (secondary N) is 1. The van der Waals surface area contributed by atoms with Crippen LogP contribution in [0.1, 0.15) is 85.4 Å². The maximum Gasteiger partial charge on any atom is 0.254 e. The standard InChI is InChI=1S/C33H40N2O3/c1-32(2,3)34-30(37)28-18-12-10-16-25(28)20-21-27(36)22-26-17-11-13-19-29(26)31(38)35(33(4,5)6)23-24-14-8-7-9-15-24/h7-9,11,13-19,27,36H,20-23H2,1-6H3,(H,34,37). The van der Waals surface area contributed by atoms with Crippen LogP contribution in [0.25, 0.3) is 0 Å². The van der Waals surface area contributed by atoms with E-state index < -0.39 is 6.10 Å². The van der Waals surface area contributed by atoms with E-state index in [1.807, 2.05) is 101 Å². The minimum atomic E-state index is -0.677. The van der Waals surface area contributed by atoms with Crippen molar-refractivity contribution in [2.45, 2.75) is 84.5 Å². The lowest BCUT2D eigenvalue weighted by atomic mass is 9.94. The summed E-state index contributed by atoms with van der Waals surface area (Å²) in [5, 5.41) is 14.0. The second kappa shape index (κ2) is 12.3. The van der Waals surface area contributed by atoms with Crippen molar-refractivity contribution in [1.82, 2.24) is 10.2 Å². The Morgan fingerprint density at radius 1 is 0.868 bits per heavy atom. The van der Waals surface area contributed by atoms with Gasteiger partial charge in [0.25, 0.3) is 11.8 Å². The van der Waals surface area contributed by atoms with E-state index in [-0.39, 0.29) is 22.9 Å². The summed E-state index contributed by atoms with van der Waals surface area (Å²) < 4.78 is 0. The molecule has 0 aliphatic rings. The number of aryl methyl sites for hydroxylation is 1. The monoisotopic (exact) mass is 512 g/mol. The van der Waals surface area contributed by atoms with Crippen molar-refractivity contribution in [2.24, 2.45) is 0 Å². The third kappa shape index (κ3) is 8.19. The fourth-order valence-corrected chi connectivity index (χ4v) is 4.35. The van der Waals surface area contributed by atoms with Crippen LogP contribution in [0.4, 0.5) is 0 Å². The molecule has 3 aromatic carbocycles. The van der Waals surface area contributed by atoms with Crippen LogP contribution >= 0.6 is 0 Å². The first-order valence-corrected chi connectivity index (χ1v) is 13.2. The van der Waals surface area contributed by atoms with Gasteiger partial charge in [0.15, 0.2) is 0 Å². The molecule has 38 heavy (non-hydrogen) atoms. The smallest absolute Gasteiger partial charge is 0.254 e. The number of amides is 2. The number of aliphatic hydroxyl groups excluding tert-OH is 1. The molecule has 200 valence electrons. The molecule has 1 unspecified atom stereocenters. The van der Waals surface area contributed by atoms with E-state index in [4.69, 9.17) is 0 Å². The summed E-state index contributed by atoms with van der Waals surface area (Å²) in [6, 6.07) is 26.7. The highest BCUT2D eigenvalue weighted by Crippen LogP contribution is 2.24. The molecule has 3 rings (SSSR count). The largest absolute Gasteiger partial charge is 0.393 e. The first-order valence-electron chi connectivity index (χ1n) is 13.2. The van der Waals surface area contributed by atoms with Crippen LogP contribution < -0.4 is 5.32 Å². The van der Waals surface area contributed by atoms with Crippen molar-refractivity contribution < 1.29 is 14.7 Å². The molecule has 0 fully saturated rings. The van der Waals surface area contributed by atoms with Crippen molar-refractivity contribution in [3.63, 3.8) is 0 Å². The van der Waals surface area contributed by atoms with Gasteiger partial charge in [0, 0.05) is 29.3 Å². The number of benzene rings is 2. The van der Waals surface area contributed by atoms with Crippen molar-refractivity contribution in [1.29, 1.82) is 0 Å². The zero-order valence-corrected chi connectivity index (χ0v) is 23.5. The zero-order valence-electron chi connectivity index (χ0n) is 23.5. The van der Waals surface area contributed by atoms with Gasteiger partial charge in [-0.25, -0.2) is 0 Å². The minimum absolute atomic E-state index is 0.0570. The van der Waals surface area contributed by atoms with Gasteiger partial charge in [-0.2, -0.15) is 0 Å². The number of hydrogen-bond donors (Lipinski definition) is 2. The van der Waals surface area contributed by atoms with Gasteiger partial charge in [-0.15, -0.1) is 0 Å². The van der Waals surface area contributed by atoms with Crippen molar-refractivity contribution in [3.8, 4) is 0 Å². The Kier molecular flexibility index (Phi) is 9.36. The van der Waals surface area contributed by atoms with Crippen LogP contribution in [0.3, 0.4) is 0 Å². The summed E-state index contributed by atoms with van der Waals surface area (Å²) in [5.74, 6) is -0.220. The highest BCUT2D eigenvalue weighted by Gasteiger charge is 2.29. The molecule has 5 nitrogen and oxygen atoms in total. The van der Waals surface area contributed by atoms with E-state index in [9.17, 15) is 14.7 Å². The lowest BCUT2D eigenvalue weighted by Gasteiger charge is -2.36. The number of rotatable bonds is 9. The molecule has 0 saturated heterocycles. The Bertz CT molecular complexity index is 1220. The van der Waals surface area contributed by atoms with Crippen LogP contribution in [0.5, 0.6) is 0 Å². The second-order valence-corrected chi connectivity index (χ2v) is 11.8. The summed E-state index contributed by atoms with van der Waals surface area (Å²) in [7, 11) is 0. The third-order valence-electron chi connectivity index (χ3n) is 6.31. The predicted octanol–water partition coefficient (Wildman–Crippen LogP) is 5.79. The Hall–Kier alpha value is -3.62. The lowest BCUT2D eigenvalue weighted by Crippen LogP contribution is -2.45. The van der Waals surface area contributed by atoms with Crippen LogP contribution in [0, 0.1) is 12.1 Å². The molecule has 0 spiro atoms. The van der Waals surface area contributed by atoms with Gasteiger partial charge >= 0.3 is 0 Å². The molecule has 0 aliphatic carbocycles. The van der Waals surface area contributed by atoms with Gasteiger partial charge in [0.2, 0.25) is 0 Å². The fraction of sp³-hybridized carbons (Fsp3) is 0.394. The first kappa shape index (κ1) is 28.9. The van der Waals surface area contributed by atoms with Crippen LogP contribution in [0.15, 0.2) is 66.7 Å². The minimum Gasteiger partial charge on any atom is -0.393 e. The number of carbonyl (C=O) groups is 2. The molecular formula is C33H40N2O3. The molecule has 0 saturated carbocycles. The summed E-state index contributed by atoms with van der Waals surface area (Å²) >= 11 is 0. The average molecular weight is 513 g/mol. The van der Waals surface area contributed by atoms with E-state index in [0.717, 1.165) is 16.7 Å². The Balaban J connectivity index is 1.74. The lowest BCUT2D eigenvalue weighted by molar-refractivity contribution is 0.0556. The molecule has 1 atom stereocenters. The molecule has 0 aromatic heterocycles. The van der Waals surface area contributed by atoms with E-state index >= 15 is 0 Å². The molecule has 5 heteroatoms. The normalized spacial score (nSPS) is 12.4. The maximum atomic E-state index is 13.8. The summed E-state index contributed by atoms with van der Waals surface area (Å²) in [6.07, 6.45) is 0.627. The average Bonchev–Trinajstić information content (AvgIpc) is 2.85. The zero-order chi connectivity index (χ0) is 27.9. The number of carbonyl (C=O) groups excluding carboxylic acids is 2. The van der Waals surface area contributed by atoms with Gasteiger partial charge in [-0.1, -0.05) is 60.7 Å². The van der Waals surface area contributed by atoms with Gasteiger partial charge in [0.05, 0.1) is 11.7 Å². The molecule has 0 radical (unpaired) electrons. The van der Waals surface area contributed by atoms with Crippen LogP contribution in [-0.2, 0) is 19.4 Å². The van der Waals surface area contributed by atoms with E-state index in [1.54, 1.807) is 12.1 Å². The van der Waals surface area contributed by atoms with Crippen LogP contribution in [0.2, 0.25) is 0 Å². The summed E-state index contributed by atoms with van der Waals surface area (Å²) in [6.45, 7) is 12.4. The predicted molar refractivity (Wildman–Crippen MR) is 152 cm³/mol. The Morgan fingerprint density at radius 2 is 1.50 bits per heavy atom. The van der Waals surface area contributed by atoms with Crippen molar-refractivity contribution >= 4 is 11.8 Å². The first-order chi connectivity index (χ1) is 17.8. The molecule has 2 amide bonds. The Labute approximate surface area is 227 Å². The molecule has 0 bridgehead atoms. The molecule has 3 aromatic rings. The number of hydrogen-bond acceptors (Lipinski definition) is 3. The molecule has 2 N–H and O–H groups in total. The highest BCUT2D eigenvalue weighted by atomic mass is 16.3. The fourth-order valence-electron chi connectivity index (χ4n) is 4.35. The molecule has 0 aliphatic heterocycles. The SMILES string of the molecule is CC(C)(C)NC(=O)c1cc#ccc1CCC(O)Cc1ccccc1C(=O)N(Cc1ccccc1)C(C)(C)C. The van der Waals surface area contributed by atoms with Gasteiger partial charge < -0.3 is 15.3 Å². The summed E-state index contributed by atoms with van der Waals surface area (Å²) in [5.41, 5.74) is 3.10. The van der Waals surface area contributed by atoms with Crippen molar-refractivity contribution in [3.05, 3.63) is 107 Å². The second-order valence-electron chi connectivity index (χ2n) is 11.8. The van der Waals surface area contributed by atoms with E-state index in [2.05, 4.69) is 17.4 Å². The van der Waals surface area contributed by atoms with Gasteiger partial charge in [0.1, 0.15) is 0 Å². The number of nitrogens with zero attached hydrogens (tertiary/aromatic N) is 1. The van der Waals surface area contributed by atoms with Gasteiger partial charge in [-0.05, 0) is 89.6 Å². The quantitative estimate of drug-likeness (QED) is 0.381. The van der Waals surface area contributed by atoms with E-state index in [1.165, 1.54) is 0 Å². The Morgan fingerprint density at radius 3 is 2.16 bits per heavy atom. The third-order valence-corrected chi connectivity index (χ3v) is 6.31. The maximum absolute atomic E-state index is 13.8. The number of aliphatic hydroxyl groups is 1. The summed E-state index contributed by atoms with van der Waals surface area (Å²) in [4.78, 5) is 28.4. The molecular weight excluding hydrogens is 472 g/mol. The van der Waals surface area contributed by atoms with Crippen molar-refractivity contribution in [2.75, 3.05) is 0 Å². The highest BCUT2D eigenvalue weighted by molar-refractivity contribution is 5.96. The van der Waals surface area contributed by atoms with E-state index in [0.29, 0.717) is 36.9 Å². The molecule has 0 heterocycles.